The molecule has 3 rings (SSSR count). The number of nitrogens with one attached hydrogen (secondary N) is 1. The maximum absolute atomic E-state index is 6.10. The summed E-state index contributed by atoms with van der Waals surface area (Å²) in [6.07, 6.45) is 9.37. The largest absolute Gasteiger partial charge is 0.374 e. The minimum absolute atomic E-state index is 0.239. The molecule has 3 aliphatic rings. The zero-order valence-corrected chi connectivity index (χ0v) is 12.4. The molecule has 0 aromatic heterocycles. The molecule has 2 unspecified atom stereocenters. The molecule has 0 amide bonds. The second-order valence-corrected chi connectivity index (χ2v) is 7.75. The van der Waals surface area contributed by atoms with Crippen LogP contribution in [0.2, 0.25) is 0 Å². The van der Waals surface area contributed by atoms with E-state index in [1.165, 1.54) is 56.5 Å². The molecule has 0 bridgehead atoms. The van der Waals surface area contributed by atoms with E-state index in [4.69, 9.17) is 4.74 Å². The van der Waals surface area contributed by atoms with Gasteiger partial charge in [-0.05, 0) is 56.6 Å². The van der Waals surface area contributed by atoms with Crippen LogP contribution in [0.4, 0.5) is 0 Å². The van der Waals surface area contributed by atoms with Gasteiger partial charge in [-0.2, -0.15) is 11.8 Å². The fourth-order valence-corrected chi connectivity index (χ4v) is 5.17. The molecular formula is C15H27NOS. The Hall–Kier alpha value is 0.270. The van der Waals surface area contributed by atoms with E-state index in [-0.39, 0.29) is 5.60 Å². The minimum atomic E-state index is 0.239. The van der Waals surface area contributed by atoms with Gasteiger partial charge in [0, 0.05) is 24.4 Å². The van der Waals surface area contributed by atoms with Crippen molar-refractivity contribution in [1.82, 2.24) is 5.32 Å². The summed E-state index contributed by atoms with van der Waals surface area (Å²) in [6, 6.07) is 1.51. The smallest absolute Gasteiger partial charge is 0.0795 e. The SMILES string of the molecule is CC1CCC(NC2CCOC3(CCSC3)C2)CC1. The van der Waals surface area contributed by atoms with Crippen molar-refractivity contribution < 1.29 is 4.74 Å². The molecule has 2 saturated heterocycles. The molecule has 104 valence electrons. The van der Waals surface area contributed by atoms with Crippen molar-refractivity contribution in [2.24, 2.45) is 5.92 Å². The third-order valence-corrected chi connectivity index (χ3v) is 6.27. The van der Waals surface area contributed by atoms with Crippen molar-refractivity contribution in [1.29, 1.82) is 0 Å². The van der Waals surface area contributed by atoms with Crippen molar-refractivity contribution in [3.05, 3.63) is 0 Å². The van der Waals surface area contributed by atoms with Crippen LogP contribution < -0.4 is 5.32 Å². The maximum Gasteiger partial charge on any atom is 0.0795 e. The van der Waals surface area contributed by atoms with Crippen LogP contribution in [0.3, 0.4) is 0 Å². The van der Waals surface area contributed by atoms with Crippen molar-refractivity contribution in [2.75, 3.05) is 18.1 Å². The van der Waals surface area contributed by atoms with Gasteiger partial charge in [0.1, 0.15) is 0 Å². The molecule has 2 nitrogen and oxygen atoms in total. The number of hydrogen-bond donors (Lipinski definition) is 1. The van der Waals surface area contributed by atoms with Crippen molar-refractivity contribution in [3.8, 4) is 0 Å². The highest BCUT2D eigenvalue weighted by molar-refractivity contribution is 7.99. The molecule has 1 saturated carbocycles. The van der Waals surface area contributed by atoms with Crippen LogP contribution in [0, 0.1) is 5.92 Å². The van der Waals surface area contributed by atoms with Gasteiger partial charge in [0.25, 0.3) is 0 Å². The number of rotatable bonds is 2. The summed E-state index contributed by atoms with van der Waals surface area (Å²) in [7, 11) is 0. The second-order valence-electron chi connectivity index (χ2n) is 6.65. The summed E-state index contributed by atoms with van der Waals surface area (Å²) in [5.41, 5.74) is 0.239. The van der Waals surface area contributed by atoms with Gasteiger partial charge < -0.3 is 10.1 Å². The average molecular weight is 269 g/mol. The number of hydrogen-bond acceptors (Lipinski definition) is 3. The van der Waals surface area contributed by atoms with Crippen LogP contribution in [0.15, 0.2) is 0 Å². The lowest BCUT2D eigenvalue weighted by Crippen LogP contribution is -2.50. The Kier molecular flexibility index (Phi) is 4.21. The molecule has 1 N–H and O–H groups in total. The fraction of sp³-hybridized carbons (Fsp3) is 1.00. The fourth-order valence-electron chi connectivity index (χ4n) is 3.79. The van der Waals surface area contributed by atoms with Gasteiger partial charge in [0.15, 0.2) is 0 Å². The number of ether oxygens (including phenoxy) is 1. The average Bonchev–Trinajstić information content (AvgIpc) is 2.80. The first-order chi connectivity index (χ1) is 8.76. The number of thioether (sulfide) groups is 1. The summed E-state index contributed by atoms with van der Waals surface area (Å²) in [6.45, 7) is 3.37. The molecule has 2 atom stereocenters. The predicted molar refractivity (Wildman–Crippen MR) is 78.2 cm³/mol. The predicted octanol–water partition coefficient (Wildman–Crippen LogP) is 3.21. The summed E-state index contributed by atoms with van der Waals surface area (Å²) >= 11 is 2.08. The Labute approximate surface area is 116 Å². The van der Waals surface area contributed by atoms with Crippen molar-refractivity contribution in [3.63, 3.8) is 0 Å². The molecular weight excluding hydrogens is 242 g/mol. The van der Waals surface area contributed by atoms with Crippen LogP contribution in [-0.2, 0) is 4.74 Å². The Bertz CT molecular complexity index is 270. The quantitative estimate of drug-likeness (QED) is 0.832. The highest BCUT2D eigenvalue weighted by Gasteiger charge is 2.40. The lowest BCUT2D eigenvalue weighted by molar-refractivity contribution is -0.0718. The van der Waals surface area contributed by atoms with E-state index in [1.807, 2.05) is 0 Å². The second kappa shape index (κ2) is 5.72. The van der Waals surface area contributed by atoms with Gasteiger partial charge in [-0.3, -0.25) is 0 Å². The molecule has 0 aromatic rings. The summed E-state index contributed by atoms with van der Waals surface area (Å²) in [5, 5.41) is 3.94. The normalized spacial score (nSPS) is 45.5. The highest BCUT2D eigenvalue weighted by atomic mass is 32.2. The van der Waals surface area contributed by atoms with Crippen LogP contribution in [0.1, 0.15) is 51.9 Å². The van der Waals surface area contributed by atoms with Crippen LogP contribution in [0.5, 0.6) is 0 Å². The van der Waals surface area contributed by atoms with Gasteiger partial charge in [-0.1, -0.05) is 6.92 Å². The Morgan fingerprint density at radius 2 is 1.94 bits per heavy atom. The van der Waals surface area contributed by atoms with E-state index in [2.05, 4.69) is 24.0 Å². The first-order valence-corrected chi connectivity index (χ1v) is 8.89. The minimum Gasteiger partial charge on any atom is -0.374 e. The standard InChI is InChI=1S/C15H27NOS/c1-12-2-4-13(5-3-12)16-14-6-8-17-15(10-14)7-9-18-11-15/h12-14,16H,2-11H2,1H3. The topological polar surface area (TPSA) is 21.3 Å². The molecule has 3 fully saturated rings. The van der Waals surface area contributed by atoms with Gasteiger partial charge >= 0.3 is 0 Å². The van der Waals surface area contributed by atoms with E-state index in [0.29, 0.717) is 0 Å². The lowest BCUT2D eigenvalue weighted by atomic mass is 9.85. The van der Waals surface area contributed by atoms with Crippen LogP contribution >= 0.6 is 11.8 Å². The summed E-state index contributed by atoms with van der Waals surface area (Å²) in [5.74, 6) is 3.48. The van der Waals surface area contributed by atoms with Gasteiger partial charge in [0.05, 0.1) is 5.60 Å². The van der Waals surface area contributed by atoms with Gasteiger partial charge in [-0.25, -0.2) is 0 Å². The first-order valence-electron chi connectivity index (χ1n) is 7.74. The zero-order chi connectivity index (χ0) is 12.4. The monoisotopic (exact) mass is 269 g/mol. The maximum atomic E-state index is 6.10. The van der Waals surface area contributed by atoms with E-state index >= 15 is 0 Å². The van der Waals surface area contributed by atoms with Crippen LogP contribution in [-0.4, -0.2) is 35.8 Å². The zero-order valence-electron chi connectivity index (χ0n) is 11.6. The van der Waals surface area contributed by atoms with Crippen molar-refractivity contribution in [2.45, 2.75) is 69.6 Å². The Morgan fingerprint density at radius 3 is 2.67 bits per heavy atom. The first kappa shape index (κ1) is 13.3. The summed E-state index contributed by atoms with van der Waals surface area (Å²) < 4.78 is 6.10. The highest BCUT2D eigenvalue weighted by Crippen LogP contribution is 2.38. The Balaban J connectivity index is 1.50. The molecule has 1 spiro atoms. The molecule has 2 aliphatic heterocycles. The third-order valence-electron chi connectivity index (χ3n) is 5.05. The molecule has 0 radical (unpaired) electrons. The third kappa shape index (κ3) is 3.05. The van der Waals surface area contributed by atoms with Crippen molar-refractivity contribution >= 4 is 11.8 Å². The lowest BCUT2D eigenvalue weighted by Gasteiger charge is -2.40. The van der Waals surface area contributed by atoms with Gasteiger partial charge in [-0.15, -0.1) is 0 Å². The van der Waals surface area contributed by atoms with E-state index in [0.717, 1.165) is 24.6 Å². The van der Waals surface area contributed by atoms with E-state index in [1.54, 1.807) is 0 Å². The van der Waals surface area contributed by atoms with E-state index in [9.17, 15) is 0 Å². The molecule has 0 aromatic carbocycles. The molecule has 3 heteroatoms. The van der Waals surface area contributed by atoms with E-state index < -0.39 is 0 Å². The summed E-state index contributed by atoms with van der Waals surface area (Å²) in [4.78, 5) is 0. The Morgan fingerprint density at radius 1 is 1.11 bits per heavy atom. The van der Waals surface area contributed by atoms with Crippen LogP contribution in [0.25, 0.3) is 0 Å². The van der Waals surface area contributed by atoms with Gasteiger partial charge in [0.2, 0.25) is 0 Å². The molecule has 2 heterocycles. The molecule has 18 heavy (non-hydrogen) atoms. The molecule has 1 aliphatic carbocycles.